The van der Waals surface area contributed by atoms with Crippen LogP contribution in [0.15, 0.2) is 0 Å². The molecular weight excluding hydrogens is 98.1 g/mol. The lowest BCUT2D eigenvalue weighted by Gasteiger charge is -1.88. The molecule has 6 heavy (non-hydrogen) atoms. The Labute approximate surface area is 42.1 Å². The molecule has 0 aromatic carbocycles. The normalized spacial score (nSPS) is 13.7. The molecule has 0 heterocycles. The Balaban J connectivity index is 3.26. The van der Waals surface area contributed by atoms with Gasteiger partial charge in [-0.25, -0.2) is 0 Å². The molecule has 3 heteroatoms. The van der Waals surface area contributed by atoms with Crippen molar-refractivity contribution in [3.63, 3.8) is 0 Å². The fourth-order valence-electron chi connectivity index (χ4n) is 0. The number of amides is 1. The molecular formula is C3H6NOS. The molecule has 1 atom stereocenters. The number of hydrogen-bond acceptors (Lipinski definition) is 1. The summed E-state index contributed by atoms with van der Waals surface area (Å²) in [6.07, 6.45) is 0. The second-order valence-corrected chi connectivity index (χ2v) is 1.75. The minimum atomic E-state index is -0.426. The van der Waals surface area contributed by atoms with Gasteiger partial charge in [0.05, 0.1) is 5.25 Å². The molecule has 1 amide bonds. The highest BCUT2D eigenvalue weighted by Crippen LogP contribution is 1.86. The van der Waals surface area contributed by atoms with Crippen LogP contribution in [0, 0.1) is 0 Å². The standard InChI is InChI=1S/C3H6NOS/c1-2(6)3(4)5/h2H,1H3,(H2,4,5). The lowest BCUT2D eigenvalue weighted by Crippen LogP contribution is -2.20. The first-order valence-electron chi connectivity index (χ1n) is 1.59. The number of carbonyl (C=O) groups excluding carboxylic acids is 1. The first kappa shape index (κ1) is 5.82. The molecule has 0 fully saturated rings. The smallest absolute Gasteiger partial charge is 0.231 e. The van der Waals surface area contributed by atoms with Crippen LogP contribution in [-0.4, -0.2) is 11.2 Å². The molecule has 0 aromatic heterocycles. The minimum absolute atomic E-state index is 0.426. The predicted molar refractivity (Wildman–Crippen MR) is 26.2 cm³/mol. The number of rotatable bonds is 1. The van der Waals surface area contributed by atoms with E-state index in [9.17, 15) is 4.79 Å². The molecule has 0 bridgehead atoms. The third kappa shape index (κ3) is 2.08. The van der Waals surface area contributed by atoms with Crippen LogP contribution in [0.25, 0.3) is 0 Å². The van der Waals surface area contributed by atoms with Gasteiger partial charge in [-0.05, 0) is 6.92 Å². The summed E-state index contributed by atoms with van der Waals surface area (Å²) in [4.78, 5) is 9.82. The number of nitrogens with two attached hydrogens (primary N) is 1. The van der Waals surface area contributed by atoms with Crippen molar-refractivity contribution in [2.24, 2.45) is 5.73 Å². The average Bonchev–Trinajstić information content (AvgIpc) is 1.36. The van der Waals surface area contributed by atoms with E-state index in [0.29, 0.717) is 0 Å². The van der Waals surface area contributed by atoms with Gasteiger partial charge in [0.25, 0.3) is 0 Å². The molecule has 1 radical (unpaired) electrons. The maximum Gasteiger partial charge on any atom is 0.231 e. The number of carbonyl (C=O) groups is 1. The lowest BCUT2D eigenvalue weighted by atomic mass is 10.5. The van der Waals surface area contributed by atoms with E-state index in [1.807, 2.05) is 0 Å². The van der Waals surface area contributed by atoms with Crippen molar-refractivity contribution in [1.82, 2.24) is 0 Å². The Bertz CT molecular complexity index is 61.8. The highest BCUT2D eigenvalue weighted by atomic mass is 32.1. The van der Waals surface area contributed by atoms with Crippen molar-refractivity contribution < 1.29 is 4.79 Å². The SMILES string of the molecule is CC([S])C(N)=O. The third-order valence-corrected chi connectivity index (χ3v) is 0.633. The van der Waals surface area contributed by atoms with Gasteiger partial charge in [-0.1, -0.05) is 12.6 Å². The summed E-state index contributed by atoms with van der Waals surface area (Å²) in [5.74, 6) is -0.426. The molecule has 0 spiro atoms. The summed E-state index contributed by atoms with van der Waals surface area (Å²) in [5.41, 5.74) is 4.69. The van der Waals surface area contributed by atoms with Gasteiger partial charge in [-0.15, -0.1) is 0 Å². The van der Waals surface area contributed by atoms with E-state index in [4.69, 9.17) is 5.73 Å². The van der Waals surface area contributed by atoms with E-state index in [2.05, 4.69) is 12.6 Å². The Kier molecular flexibility index (Phi) is 2.01. The van der Waals surface area contributed by atoms with E-state index in [1.54, 1.807) is 6.92 Å². The molecule has 0 saturated carbocycles. The third-order valence-electron chi connectivity index (χ3n) is 0.401. The van der Waals surface area contributed by atoms with E-state index in [-0.39, 0.29) is 0 Å². The van der Waals surface area contributed by atoms with E-state index >= 15 is 0 Å². The van der Waals surface area contributed by atoms with E-state index < -0.39 is 11.2 Å². The summed E-state index contributed by atoms with van der Waals surface area (Å²) in [6, 6.07) is 0. The topological polar surface area (TPSA) is 43.1 Å². The molecule has 0 rings (SSSR count). The van der Waals surface area contributed by atoms with Gasteiger partial charge in [0.15, 0.2) is 0 Å². The molecule has 2 nitrogen and oxygen atoms in total. The highest BCUT2D eigenvalue weighted by molar-refractivity contribution is 7.81. The van der Waals surface area contributed by atoms with Crippen molar-refractivity contribution in [3.8, 4) is 0 Å². The molecule has 0 aromatic rings. The molecule has 2 N–H and O–H groups in total. The zero-order valence-corrected chi connectivity index (χ0v) is 4.29. The van der Waals surface area contributed by atoms with Crippen LogP contribution in [0.5, 0.6) is 0 Å². The van der Waals surface area contributed by atoms with Gasteiger partial charge < -0.3 is 5.73 Å². The quantitative estimate of drug-likeness (QED) is 0.502. The van der Waals surface area contributed by atoms with Gasteiger partial charge in [0, 0.05) is 0 Å². The van der Waals surface area contributed by atoms with Crippen LogP contribution in [0.2, 0.25) is 0 Å². The van der Waals surface area contributed by atoms with Gasteiger partial charge in [-0.3, -0.25) is 4.79 Å². The Morgan fingerprint density at radius 1 is 2.00 bits per heavy atom. The van der Waals surface area contributed by atoms with Crippen LogP contribution in [-0.2, 0) is 4.79 Å². The Morgan fingerprint density at radius 2 is 2.17 bits per heavy atom. The van der Waals surface area contributed by atoms with Crippen LogP contribution < -0.4 is 5.73 Å². The van der Waals surface area contributed by atoms with Crippen LogP contribution in [0.3, 0.4) is 0 Å². The van der Waals surface area contributed by atoms with Crippen molar-refractivity contribution in [3.05, 3.63) is 0 Å². The van der Waals surface area contributed by atoms with Crippen LogP contribution in [0.1, 0.15) is 6.92 Å². The predicted octanol–water partition coefficient (Wildman–Crippen LogP) is 0.0577. The molecule has 0 aliphatic carbocycles. The van der Waals surface area contributed by atoms with Gasteiger partial charge in [0.1, 0.15) is 0 Å². The fourth-order valence-corrected chi connectivity index (χ4v) is 0. The van der Waals surface area contributed by atoms with Gasteiger partial charge >= 0.3 is 0 Å². The van der Waals surface area contributed by atoms with Crippen molar-refractivity contribution in [1.29, 1.82) is 0 Å². The second-order valence-electron chi connectivity index (χ2n) is 1.04. The van der Waals surface area contributed by atoms with Gasteiger partial charge in [-0.2, -0.15) is 0 Å². The lowest BCUT2D eigenvalue weighted by molar-refractivity contribution is -0.117. The summed E-state index contributed by atoms with van der Waals surface area (Å²) in [5, 5.41) is -0.426. The van der Waals surface area contributed by atoms with Crippen molar-refractivity contribution in [2.45, 2.75) is 12.2 Å². The first-order valence-corrected chi connectivity index (χ1v) is 2.07. The minimum Gasteiger partial charge on any atom is -0.369 e. The van der Waals surface area contributed by atoms with Crippen molar-refractivity contribution >= 4 is 18.5 Å². The van der Waals surface area contributed by atoms with Crippen LogP contribution in [0.4, 0.5) is 0 Å². The maximum atomic E-state index is 9.82. The van der Waals surface area contributed by atoms with Gasteiger partial charge in [0.2, 0.25) is 5.91 Å². The van der Waals surface area contributed by atoms with Crippen molar-refractivity contribution in [2.75, 3.05) is 0 Å². The first-order chi connectivity index (χ1) is 2.64. The summed E-state index contributed by atoms with van der Waals surface area (Å²) in [6.45, 7) is 1.58. The summed E-state index contributed by atoms with van der Waals surface area (Å²) in [7, 11) is 0. The number of primary amides is 1. The van der Waals surface area contributed by atoms with E-state index in [0.717, 1.165) is 0 Å². The zero-order chi connectivity index (χ0) is 5.15. The maximum absolute atomic E-state index is 9.82. The Hall–Kier alpha value is -0.180. The number of hydrogen-bond donors (Lipinski definition) is 1. The largest absolute Gasteiger partial charge is 0.369 e. The van der Waals surface area contributed by atoms with Crippen LogP contribution >= 0.6 is 12.6 Å². The fraction of sp³-hybridized carbons (Fsp3) is 0.667. The second kappa shape index (κ2) is 2.08. The summed E-state index contributed by atoms with van der Waals surface area (Å²) >= 11 is 4.43. The zero-order valence-electron chi connectivity index (χ0n) is 3.47. The Morgan fingerprint density at radius 3 is 2.17 bits per heavy atom. The molecule has 0 aliphatic rings. The molecule has 1 unspecified atom stereocenters. The highest BCUT2D eigenvalue weighted by Gasteiger charge is 1.98. The summed E-state index contributed by atoms with van der Waals surface area (Å²) < 4.78 is 0. The molecule has 35 valence electrons. The van der Waals surface area contributed by atoms with E-state index in [1.165, 1.54) is 0 Å². The molecule has 0 aliphatic heterocycles. The average molecular weight is 104 g/mol. The monoisotopic (exact) mass is 104 g/mol. The molecule has 0 saturated heterocycles.